The Bertz CT molecular complexity index is 1620. The molecule has 1 atom stereocenters. The number of allylic oxidation sites excluding steroid dienone is 3. The molecule has 3 heterocycles. The van der Waals surface area contributed by atoms with E-state index in [0.717, 1.165) is 0 Å². The van der Waals surface area contributed by atoms with E-state index in [4.69, 9.17) is 10.5 Å². The molecule has 210 valence electrons. The summed E-state index contributed by atoms with van der Waals surface area (Å²) >= 11 is 3.76. The van der Waals surface area contributed by atoms with Gasteiger partial charge in [-0.25, -0.2) is 9.78 Å². The molecule has 2 aromatic heterocycles. The number of esters is 1. The van der Waals surface area contributed by atoms with Gasteiger partial charge < -0.3 is 15.8 Å². The lowest BCUT2D eigenvalue weighted by atomic mass is 9.68. The number of anilines is 2. The number of carbonyl (C=O) groups excluding carboxylic acids is 3. The molecule has 1 aliphatic carbocycles. The van der Waals surface area contributed by atoms with Gasteiger partial charge in [-0.3, -0.25) is 14.5 Å². The van der Waals surface area contributed by atoms with Crippen LogP contribution in [0.3, 0.4) is 0 Å². The molecule has 1 unspecified atom stereocenters. The second-order valence-electron chi connectivity index (χ2n) is 10.1. The van der Waals surface area contributed by atoms with E-state index in [-0.39, 0.29) is 34.3 Å². The molecule has 3 N–H and O–H groups in total. The maximum atomic E-state index is 13.7. The van der Waals surface area contributed by atoms with Crippen LogP contribution in [0.25, 0.3) is 0 Å². The van der Waals surface area contributed by atoms with Crippen molar-refractivity contribution in [2.24, 2.45) is 11.1 Å². The topological polar surface area (TPSA) is 164 Å². The number of ether oxygens (including phenoxy) is 1. The van der Waals surface area contributed by atoms with Gasteiger partial charge in [0.15, 0.2) is 15.3 Å². The SMILES string of the molecule is COC(=O)c1ccc(C2C(C#N)=C(N)N(c3nnc(SCC(=O)Nc4nccs4)s3)C3=C2C(=O)CC(C)(C)C3)cc1. The van der Waals surface area contributed by atoms with E-state index in [1.807, 2.05) is 13.8 Å². The van der Waals surface area contributed by atoms with E-state index in [2.05, 4.69) is 26.6 Å². The molecule has 0 spiro atoms. The highest BCUT2D eigenvalue weighted by molar-refractivity contribution is 8.01. The average Bonchev–Trinajstić information content (AvgIpc) is 3.62. The zero-order chi connectivity index (χ0) is 29.3. The number of nitrogens with zero attached hydrogens (tertiary/aromatic N) is 5. The van der Waals surface area contributed by atoms with Crippen molar-refractivity contribution >= 4 is 62.4 Å². The third kappa shape index (κ3) is 5.74. The van der Waals surface area contributed by atoms with Gasteiger partial charge in [0.05, 0.1) is 36.0 Å². The predicted molar refractivity (Wildman–Crippen MR) is 156 cm³/mol. The first kappa shape index (κ1) is 28.5. The maximum absolute atomic E-state index is 13.7. The summed E-state index contributed by atoms with van der Waals surface area (Å²) in [5.41, 5.74) is 8.68. The zero-order valence-corrected chi connectivity index (χ0v) is 24.8. The Balaban J connectivity index is 1.50. The summed E-state index contributed by atoms with van der Waals surface area (Å²) in [6.45, 7) is 4.02. The van der Waals surface area contributed by atoms with Crippen molar-refractivity contribution in [3.8, 4) is 6.07 Å². The lowest BCUT2D eigenvalue weighted by molar-refractivity contribution is -0.118. The number of benzene rings is 1. The smallest absolute Gasteiger partial charge is 0.337 e. The number of aromatic nitrogens is 3. The van der Waals surface area contributed by atoms with Crippen molar-refractivity contribution in [2.75, 3.05) is 23.1 Å². The number of nitrogens with two attached hydrogens (primary N) is 1. The van der Waals surface area contributed by atoms with Gasteiger partial charge in [0.25, 0.3) is 0 Å². The quantitative estimate of drug-likeness (QED) is 0.288. The molecule has 2 aliphatic rings. The van der Waals surface area contributed by atoms with Crippen molar-refractivity contribution in [1.82, 2.24) is 15.2 Å². The summed E-state index contributed by atoms with van der Waals surface area (Å²) in [7, 11) is 1.30. The first-order valence-corrected chi connectivity index (χ1v) is 15.1. The molecule has 0 saturated heterocycles. The van der Waals surface area contributed by atoms with Crippen molar-refractivity contribution < 1.29 is 19.1 Å². The van der Waals surface area contributed by atoms with Crippen molar-refractivity contribution in [3.05, 3.63) is 69.6 Å². The minimum absolute atomic E-state index is 0.0819. The van der Waals surface area contributed by atoms with Crippen molar-refractivity contribution in [3.63, 3.8) is 0 Å². The lowest BCUT2D eigenvalue weighted by Gasteiger charge is -2.42. The van der Waals surface area contributed by atoms with Gasteiger partial charge in [-0.05, 0) is 29.5 Å². The number of thioether (sulfide) groups is 1. The number of Topliss-reactive ketones (excluding diaryl/α,β-unsaturated/α-hetero) is 1. The fraction of sp³-hybridized carbons (Fsp3) is 0.296. The second kappa shape index (κ2) is 11.4. The molecule has 11 nitrogen and oxygen atoms in total. The number of methoxy groups -OCH3 is 1. The van der Waals surface area contributed by atoms with Crippen LogP contribution >= 0.6 is 34.4 Å². The average molecular weight is 608 g/mol. The molecule has 1 amide bonds. The van der Waals surface area contributed by atoms with Gasteiger partial charge in [-0.1, -0.05) is 49.1 Å². The monoisotopic (exact) mass is 607 g/mol. The molecule has 0 saturated carbocycles. The Kier molecular flexibility index (Phi) is 7.94. The molecule has 0 radical (unpaired) electrons. The van der Waals surface area contributed by atoms with Crippen LogP contribution in [0.1, 0.15) is 48.5 Å². The minimum atomic E-state index is -0.696. The van der Waals surface area contributed by atoms with Crippen molar-refractivity contribution in [1.29, 1.82) is 5.26 Å². The summed E-state index contributed by atoms with van der Waals surface area (Å²) < 4.78 is 5.33. The summed E-state index contributed by atoms with van der Waals surface area (Å²) in [6.07, 6.45) is 2.43. The number of amides is 1. The molecule has 5 rings (SSSR count). The third-order valence-electron chi connectivity index (χ3n) is 6.64. The molecular formula is C27H25N7O4S3. The highest BCUT2D eigenvalue weighted by Crippen LogP contribution is 2.50. The fourth-order valence-corrected chi connectivity index (χ4v) is 7.13. The summed E-state index contributed by atoms with van der Waals surface area (Å²) in [5, 5.41) is 24.2. The van der Waals surface area contributed by atoms with E-state index in [1.54, 1.807) is 40.7 Å². The lowest BCUT2D eigenvalue weighted by Crippen LogP contribution is -2.42. The first-order chi connectivity index (χ1) is 19.6. The van der Waals surface area contributed by atoms with Crippen LogP contribution < -0.4 is 16.0 Å². The van der Waals surface area contributed by atoms with Crippen LogP contribution in [-0.2, 0) is 14.3 Å². The van der Waals surface area contributed by atoms with Crippen LogP contribution in [0.15, 0.2) is 62.8 Å². The zero-order valence-electron chi connectivity index (χ0n) is 22.3. The predicted octanol–water partition coefficient (Wildman–Crippen LogP) is 4.45. The Morgan fingerprint density at radius 2 is 2.02 bits per heavy atom. The molecular weight excluding hydrogens is 583 g/mol. The number of carbonyl (C=O) groups is 3. The Labute approximate surface area is 248 Å². The van der Waals surface area contributed by atoms with E-state index in [1.165, 1.54) is 41.5 Å². The van der Waals surface area contributed by atoms with Crippen LogP contribution in [0.2, 0.25) is 0 Å². The Hall–Kier alpha value is -4.06. The van der Waals surface area contributed by atoms with Gasteiger partial charge in [-0.2, -0.15) is 5.26 Å². The number of hydrogen-bond donors (Lipinski definition) is 2. The number of rotatable bonds is 7. The second-order valence-corrected chi connectivity index (χ2v) is 13.2. The fourth-order valence-electron chi connectivity index (χ4n) is 4.91. The molecule has 14 heteroatoms. The number of thiazole rings is 1. The van der Waals surface area contributed by atoms with Gasteiger partial charge >= 0.3 is 5.97 Å². The maximum Gasteiger partial charge on any atom is 0.337 e. The molecule has 3 aromatic rings. The molecule has 0 fully saturated rings. The van der Waals surface area contributed by atoms with Crippen LogP contribution in [0.4, 0.5) is 10.3 Å². The summed E-state index contributed by atoms with van der Waals surface area (Å²) in [5.74, 6) is -1.22. The van der Waals surface area contributed by atoms with Gasteiger partial charge in [-0.15, -0.1) is 21.5 Å². The summed E-state index contributed by atoms with van der Waals surface area (Å²) in [4.78, 5) is 43.7. The summed E-state index contributed by atoms with van der Waals surface area (Å²) in [6, 6.07) is 8.86. The number of nitrogens with one attached hydrogen (secondary N) is 1. The van der Waals surface area contributed by atoms with Crippen molar-refractivity contribution in [2.45, 2.75) is 36.9 Å². The first-order valence-electron chi connectivity index (χ1n) is 12.4. The largest absolute Gasteiger partial charge is 0.465 e. The standard InChI is InChI=1S/C27H25N7O4S3/c1-27(2)10-17-21(18(35)11-27)20(14-4-6-15(7-5-14)23(37)38-3)16(12-28)22(29)34(17)25-32-33-26(41-25)40-13-19(36)31-24-30-8-9-39-24/h4-9,20H,10-11,13,29H2,1-3H3,(H,30,31,36). The highest BCUT2D eigenvalue weighted by Gasteiger charge is 2.45. The van der Waals surface area contributed by atoms with Crippen LogP contribution in [0.5, 0.6) is 0 Å². The van der Waals surface area contributed by atoms with Gasteiger partial charge in [0.2, 0.25) is 11.0 Å². The van der Waals surface area contributed by atoms with E-state index in [0.29, 0.717) is 49.8 Å². The number of hydrogen-bond acceptors (Lipinski definition) is 13. The van der Waals surface area contributed by atoms with E-state index in [9.17, 15) is 19.6 Å². The van der Waals surface area contributed by atoms with Gasteiger partial charge in [0.1, 0.15) is 5.82 Å². The molecule has 0 bridgehead atoms. The Morgan fingerprint density at radius 1 is 1.27 bits per heavy atom. The normalized spacial score (nSPS) is 18.1. The highest BCUT2D eigenvalue weighted by atomic mass is 32.2. The molecule has 41 heavy (non-hydrogen) atoms. The number of nitriles is 1. The van der Waals surface area contributed by atoms with E-state index >= 15 is 0 Å². The van der Waals surface area contributed by atoms with Gasteiger partial charge in [0, 0.05) is 29.3 Å². The molecule has 1 aromatic carbocycles. The Morgan fingerprint density at radius 3 is 2.68 bits per heavy atom. The number of ketones is 1. The minimum Gasteiger partial charge on any atom is -0.465 e. The molecule has 1 aliphatic heterocycles. The van der Waals surface area contributed by atoms with E-state index < -0.39 is 11.9 Å². The van der Waals surface area contributed by atoms with Crippen LogP contribution in [-0.4, -0.2) is 45.7 Å². The third-order valence-corrected chi connectivity index (χ3v) is 9.37. The van der Waals surface area contributed by atoms with Crippen LogP contribution in [0, 0.1) is 16.7 Å².